The smallest absolute Gasteiger partial charge is 0.313 e. The Labute approximate surface area is 202 Å². The van der Waals surface area contributed by atoms with Gasteiger partial charge in [0.1, 0.15) is 0 Å². The number of pyridine rings is 2. The van der Waals surface area contributed by atoms with Gasteiger partial charge in [0.25, 0.3) is 11.8 Å². The van der Waals surface area contributed by atoms with E-state index in [0.29, 0.717) is 31.6 Å². The molecule has 0 radical (unpaired) electrons. The molecule has 3 aromatic rings. The standard InChI is InChI=1S/C25H26N6O4/c1-26-22(32)17-12-18(23(33)27-2)14-19(13-17)29-24(34)25(35)31-10-7-15(8-11-31)20-6-5-16-4-3-9-28-21(16)30-20/h3-6,9,12-15H,7-8,10-11H2,1-2H3,(H,26,32)(H,27,33)(H,29,34). The largest absolute Gasteiger partial charge is 0.355 e. The van der Waals surface area contributed by atoms with Crippen molar-refractivity contribution in [2.75, 3.05) is 32.5 Å². The molecule has 1 aliphatic rings. The average Bonchev–Trinajstić information content (AvgIpc) is 2.91. The first kappa shape index (κ1) is 23.8. The van der Waals surface area contributed by atoms with Crippen LogP contribution in [0, 0.1) is 0 Å². The van der Waals surface area contributed by atoms with Crippen molar-refractivity contribution in [2.24, 2.45) is 0 Å². The van der Waals surface area contributed by atoms with Crippen LogP contribution in [-0.2, 0) is 9.59 Å². The van der Waals surface area contributed by atoms with Gasteiger partial charge in [-0.15, -0.1) is 0 Å². The summed E-state index contributed by atoms with van der Waals surface area (Å²) >= 11 is 0. The van der Waals surface area contributed by atoms with Crippen LogP contribution in [0.25, 0.3) is 11.0 Å². The fraction of sp³-hybridized carbons (Fsp3) is 0.280. The molecule has 0 bridgehead atoms. The molecule has 0 aliphatic carbocycles. The number of carbonyl (C=O) groups is 4. The summed E-state index contributed by atoms with van der Waals surface area (Å²) in [5.74, 6) is -2.15. The molecule has 1 saturated heterocycles. The summed E-state index contributed by atoms with van der Waals surface area (Å²) in [6.07, 6.45) is 3.07. The molecule has 1 aliphatic heterocycles. The minimum absolute atomic E-state index is 0.174. The lowest BCUT2D eigenvalue weighted by Crippen LogP contribution is -2.44. The monoisotopic (exact) mass is 474 g/mol. The first-order chi connectivity index (χ1) is 16.9. The van der Waals surface area contributed by atoms with E-state index in [0.717, 1.165) is 11.1 Å². The second-order valence-corrected chi connectivity index (χ2v) is 8.26. The number of hydrogen-bond donors (Lipinski definition) is 3. The number of aromatic nitrogens is 2. The van der Waals surface area contributed by atoms with Crippen LogP contribution >= 0.6 is 0 Å². The van der Waals surface area contributed by atoms with Crippen LogP contribution in [0.15, 0.2) is 48.7 Å². The van der Waals surface area contributed by atoms with E-state index in [2.05, 4.69) is 25.9 Å². The Morgan fingerprint density at radius 3 is 2.20 bits per heavy atom. The van der Waals surface area contributed by atoms with Crippen molar-refractivity contribution >= 4 is 40.3 Å². The normalized spacial score (nSPS) is 13.8. The van der Waals surface area contributed by atoms with Crippen molar-refractivity contribution in [3.8, 4) is 0 Å². The number of likely N-dealkylation sites (tertiary alicyclic amines) is 1. The number of carbonyl (C=O) groups excluding carboxylic acids is 4. The van der Waals surface area contributed by atoms with Crippen molar-refractivity contribution in [3.63, 3.8) is 0 Å². The molecule has 3 heterocycles. The van der Waals surface area contributed by atoms with Crippen LogP contribution in [0.3, 0.4) is 0 Å². The minimum Gasteiger partial charge on any atom is -0.355 e. The number of rotatable bonds is 4. The zero-order valence-corrected chi connectivity index (χ0v) is 19.5. The van der Waals surface area contributed by atoms with Crippen LogP contribution in [-0.4, -0.2) is 65.7 Å². The molecule has 180 valence electrons. The molecule has 0 unspecified atom stereocenters. The topological polar surface area (TPSA) is 133 Å². The Morgan fingerprint density at radius 1 is 0.914 bits per heavy atom. The molecule has 10 nitrogen and oxygen atoms in total. The summed E-state index contributed by atoms with van der Waals surface area (Å²) in [4.78, 5) is 60.1. The number of anilines is 1. The highest BCUT2D eigenvalue weighted by Gasteiger charge is 2.28. The zero-order valence-electron chi connectivity index (χ0n) is 19.5. The first-order valence-corrected chi connectivity index (χ1v) is 11.3. The van der Waals surface area contributed by atoms with Gasteiger partial charge in [0.2, 0.25) is 0 Å². The molecule has 2 aromatic heterocycles. The van der Waals surface area contributed by atoms with Crippen molar-refractivity contribution < 1.29 is 19.2 Å². The Kier molecular flexibility index (Phi) is 7.00. The Bertz CT molecular complexity index is 1270. The summed E-state index contributed by atoms with van der Waals surface area (Å²) in [5, 5.41) is 8.46. The predicted octanol–water partition coefficient (Wildman–Crippen LogP) is 1.69. The molecule has 0 spiro atoms. The SMILES string of the molecule is CNC(=O)c1cc(NC(=O)C(=O)N2CCC(c3ccc4cccnc4n3)CC2)cc(C(=O)NC)c1. The molecule has 0 saturated carbocycles. The molecular weight excluding hydrogens is 448 g/mol. The lowest BCUT2D eigenvalue weighted by Gasteiger charge is -2.31. The van der Waals surface area contributed by atoms with E-state index in [1.807, 2.05) is 24.3 Å². The highest BCUT2D eigenvalue weighted by molar-refractivity contribution is 6.39. The summed E-state index contributed by atoms with van der Waals surface area (Å²) in [7, 11) is 2.93. The van der Waals surface area contributed by atoms with Crippen molar-refractivity contribution in [1.82, 2.24) is 25.5 Å². The third-order valence-electron chi connectivity index (χ3n) is 6.05. The number of hydrogen-bond acceptors (Lipinski definition) is 6. The molecule has 0 atom stereocenters. The van der Waals surface area contributed by atoms with Crippen molar-refractivity contribution in [1.29, 1.82) is 0 Å². The maximum Gasteiger partial charge on any atom is 0.313 e. The third kappa shape index (κ3) is 5.26. The predicted molar refractivity (Wildman–Crippen MR) is 130 cm³/mol. The highest BCUT2D eigenvalue weighted by atomic mass is 16.2. The Hall–Kier alpha value is -4.34. The molecule has 35 heavy (non-hydrogen) atoms. The van der Waals surface area contributed by atoms with E-state index >= 15 is 0 Å². The fourth-order valence-corrected chi connectivity index (χ4v) is 4.15. The van der Waals surface area contributed by atoms with Gasteiger partial charge in [-0.2, -0.15) is 0 Å². The average molecular weight is 475 g/mol. The summed E-state index contributed by atoms with van der Waals surface area (Å²) in [5.41, 5.74) is 2.19. The lowest BCUT2D eigenvalue weighted by molar-refractivity contribution is -0.143. The maximum absolute atomic E-state index is 12.8. The molecule has 4 rings (SSSR count). The van der Waals surface area contributed by atoms with E-state index in [4.69, 9.17) is 0 Å². The fourth-order valence-electron chi connectivity index (χ4n) is 4.15. The zero-order chi connectivity index (χ0) is 24.9. The van der Waals surface area contributed by atoms with Crippen LogP contribution in [0.2, 0.25) is 0 Å². The van der Waals surface area contributed by atoms with Crippen LogP contribution in [0.5, 0.6) is 0 Å². The number of amides is 4. The Balaban J connectivity index is 1.41. The molecule has 1 aromatic carbocycles. The molecule has 1 fully saturated rings. The van der Waals surface area contributed by atoms with Gasteiger partial charge in [0.15, 0.2) is 5.65 Å². The van der Waals surface area contributed by atoms with Gasteiger partial charge in [-0.1, -0.05) is 0 Å². The second-order valence-electron chi connectivity index (χ2n) is 8.26. The van der Waals surface area contributed by atoms with Crippen LogP contribution in [0.1, 0.15) is 45.2 Å². The van der Waals surface area contributed by atoms with Gasteiger partial charge in [-0.3, -0.25) is 19.2 Å². The van der Waals surface area contributed by atoms with Crippen molar-refractivity contribution in [3.05, 3.63) is 65.5 Å². The summed E-state index contributed by atoms with van der Waals surface area (Å²) < 4.78 is 0. The van der Waals surface area contributed by atoms with Gasteiger partial charge in [-0.25, -0.2) is 9.97 Å². The van der Waals surface area contributed by atoms with E-state index < -0.39 is 23.6 Å². The molecular formula is C25H26N6O4. The quantitative estimate of drug-likeness (QED) is 0.493. The number of nitrogens with one attached hydrogen (secondary N) is 3. The third-order valence-corrected chi connectivity index (χ3v) is 6.05. The van der Waals surface area contributed by atoms with Crippen LogP contribution in [0.4, 0.5) is 5.69 Å². The van der Waals surface area contributed by atoms with Gasteiger partial charge in [-0.05, 0) is 55.3 Å². The van der Waals surface area contributed by atoms with E-state index in [1.54, 1.807) is 6.20 Å². The minimum atomic E-state index is -0.826. The summed E-state index contributed by atoms with van der Waals surface area (Å²) in [6.45, 7) is 0.835. The first-order valence-electron chi connectivity index (χ1n) is 11.3. The highest BCUT2D eigenvalue weighted by Crippen LogP contribution is 2.28. The second kappa shape index (κ2) is 10.3. The summed E-state index contributed by atoms with van der Waals surface area (Å²) in [6, 6.07) is 12.1. The van der Waals surface area contributed by atoms with Crippen LogP contribution < -0.4 is 16.0 Å². The van der Waals surface area contributed by atoms with E-state index in [1.165, 1.54) is 37.2 Å². The van der Waals surface area contributed by atoms with E-state index in [9.17, 15) is 19.2 Å². The molecule has 3 N–H and O–H groups in total. The number of nitrogens with zero attached hydrogens (tertiary/aromatic N) is 3. The van der Waals surface area contributed by atoms with Gasteiger partial charge >= 0.3 is 11.8 Å². The molecule has 4 amide bonds. The Morgan fingerprint density at radius 2 is 1.57 bits per heavy atom. The molecule has 10 heteroatoms. The lowest BCUT2D eigenvalue weighted by atomic mass is 9.92. The van der Waals surface area contributed by atoms with Gasteiger partial charge in [0.05, 0.1) is 0 Å². The number of benzene rings is 1. The van der Waals surface area contributed by atoms with Gasteiger partial charge < -0.3 is 20.9 Å². The number of piperidine rings is 1. The van der Waals surface area contributed by atoms with E-state index in [-0.39, 0.29) is 22.7 Å². The van der Waals surface area contributed by atoms with Gasteiger partial charge in [0, 0.05) is 67.2 Å². The number of fused-ring (bicyclic) bond motifs is 1. The maximum atomic E-state index is 12.8. The van der Waals surface area contributed by atoms with Crippen molar-refractivity contribution in [2.45, 2.75) is 18.8 Å².